The lowest BCUT2D eigenvalue weighted by molar-refractivity contribution is -0.345. The van der Waals surface area contributed by atoms with E-state index in [2.05, 4.69) is 21.3 Å². The van der Waals surface area contributed by atoms with E-state index in [0.29, 0.717) is 44.2 Å². The second-order valence-electron chi connectivity index (χ2n) is 29.1. The molecule has 3 fully saturated rings. The predicted molar refractivity (Wildman–Crippen MR) is 399 cm³/mol. The minimum absolute atomic E-state index is 0.0459. The molecule has 594 valence electrons. The molecule has 10 rings (SSSR count). The van der Waals surface area contributed by atoms with Crippen LogP contribution in [0.2, 0.25) is 0 Å². The summed E-state index contributed by atoms with van der Waals surface area (Å²) < 4.78 is 54.6. The van der Waals surface area contributed by atoms with Crippen LogP contribution in [0.3, 0.4) is 0 Å². The molecule has 1 saturated heterocycles. The first kappa shape index (κ1) is 83.1. The number of carbonyl (C=O) groups excluding carboxylic acids is 13. The van der Waals surface area contributed by atoms with Gasteiger partial charge in [0.15, 0.2) is 11.4 Å². The number of anilines is 1. The number of nitrogens with zero attached hydrogens (tertiary/aromatic N) is 1. The third-order valence-electron chi connectivity index (χ3n) is 21.4. The molecule has 13 atom stereocenters. The highest BCUT2D eigenvalue weighted by atomic mass is 16.7. The molecule has 0 spiro atoms. The Bertz CT molecular complexity index is 4350. The van der Waals surface area contributed by atoms with Crippen molar-refractivity contribution < 1.29 is 110 Å². The molecule has 2 heterocycles. The third-order valence-corrected chi connectivity index (χ3v) is 21.4. The topological polar surface area (TPSA) is 403 Å². The molecule has 112 heavy (non-hydrogen) atoms. The van der Waals surface area contributed by atoms with Gasteiger partial charge in [0.05, 0.1) is 30.1 Å². The third kappa shape index (κ3) is 18.8. The van der Waals surface area contributed by atoms with Gasteiger partial charge in [-0.05, 0) is 111 Å². The lowest BCUT2D eigenvalue weighted by atomic mass is 9.45. The Morgan fingerprint density at radius 3 is 1.91 bits per heavy atom. The molecule has 2 aliphatic heterocycles. The van der Waals surface area contributed by atoms with Gasteiger partial charge in [-0.15, -0.1) is 0 Å². The van der Waals surface area contributed by atoms with Crippen molar-refractivity contribution in [2.45, 2.75) is 179 Å². The molecule has 5 aromatic rings. The number of imide groups is 1. The molecular weight excluding hydrogens is 1450 g/mol. The van der Waals surface area contributed by atoms with E-state index in [0.717, 1.165) is 24.3 Å². The van der Waals surface area contributed by atoms with Crippen molar-refractivity contribution in [1.82, 2.24) is 20.9 Å². The molecule has 2 bridgehead atoms. The maximum Gasteiger partial charge on any atom is 0.509 e. The van der Waals surface area contributed by atoms with Crippen molar-refractivity contribution in [2.24, 2.45) is 28.4 Å². The number of esters is 4. The standard InChI is InChI=1S/C83H94N6O23/c1-8-104-78(101)110-69(67(54-28-16-10-17-29-54)88-73(96)55-30-18-11-19-31-55)77(100)108-60-46-83(103)72(111-76(99)56-32-20-12-21-33-56)70-81(7,71(95)68(107-50(3)90)66(49(60)2)80(83,5)6)61(45-62-82(70,48-106-62)112-51(4)91)109-79(102)105-47-53-36-38-57(39-37-53)85-74(97)58(34-23-24-42-84)87-75(98)59(44-52-26-14-9-15-27-52)86-63(92)35-22-13-25-43-89-64(93)40-41-65(89)94/h9-12,14-21,26-33,36-41,49,58-62,67,69-70,72,103H,8,13,22-25,34-35,42-48,84H2,1-7H3,(H,85,97)(H,86,92)(H,87,98)(H,88,96)/t49?,58-,59?,60?,61-,62?,67?,69?,70?,72?,81+,82?,83+/m0/s1. The Hall–Kier alpha value is -11.4. The maximum absolute atomic E-state index is 16.7. The number of ether oxygens (including phenoxy) is 9. The average molecular weight is 1540 g/mol. The number of allylic oxidation sites excluding steroid dienone is 1. The van der Waals surface area contributed by atoms with Crippen molar-refractivity contribution in [3.05, 3.63) is 197 Å². The van der Waals surface area contributed by atoms with E-state index in [1.807, 2.05) is 6.07 Å². The van der Waals surface area contributed by atoms with E-state index in [-0.39, 0.29) is 60.4 Å². The second kappa shape index (κ2) is 36.6. The predicted octanol–water partition coefficient (Wildman–Crippen LogP) is 8.25. The van der Waals surface area contributed by atoms with Crippen molar-refractivity contribution in [3.8, 4) is 0 Å². The fraction of sp³-hybridized carbons (Fsp3) is 0.434. The largest absolute Gasteiger partial charge is 0.509 e. The molecule has 0 radical (unpaired) electrons. The van der Waals surface area contributed by atoms with E-state index in [9.17, 15) is 53.1 Å². The van der Waals surface area contributed by atoms with E-state index in [4.69, 9.17) is 48.4 Å². The summed E-state index contributed by atoms with van der Waals surface area (Å²) in [6, 6.07) is 34.9. The molecule has 7 N–H and O–H groups in total. The highest BCUT2D eigenvalue weighted by molar-refractivity contribution is 6.13. The summed E-state index contributed by atoms with van der Waals surface area (Å²) in [7, 11) is 0. The van der Waals surface area contributed by atoms with Gasteiger partial charge in [-0.1, -0.05) is 136 Å². The number of hydrogen-bond acceptors (Lipinski definition) is 24. The highest BCUT2D eigenvalue weighted by Gasteiger charge is 2.79. The molecule has 6 amide bonds. The number of ketones is 1. The highest BCUT2D eigenvalue weighted by Crippen LogP contribution is 2.65. The molecule has 9 unspecified atom stereocenters. The number of nitrogens with one attached hydrogen (secondary N) is 4. The van der Waals surface area contributed by atoms with Crippen molar-refractivity contribution >= 4 is 83.1 Å². The number of Topliss-reactive ketones (excluding diaryl/α,β-unsaturated/α-hetero) is 1. The number of nitrogens with two attached hydrogens (primary N) is 1. The molecule has 2 saturated carbocycles. The van der Waals surface area contributed by atoms with E-state index < -0.39 is 192 Å². The lowest BCUT2D eigenvalue weighted by Crippen LogP contribution is -2.81. The molecule has 5 aromatic carbocycles. The number of carbonyl (C=O) groups is 13. The maximum atomic E-state index is 16.7. The number of unbranched alkanes of at least 4 members (excludes halogenated alkanes) is 3. The fourth-order valence-electron chi connectivity index (χ4n) is 15.7. The summed E-state index contributed by atoms with van der Waals surface area (Å²) >= 11 is 0. The first-order valence-electron chi connectivity index (χ1n) is 37.4. The van der Waals surface area contributed by atoms with Crippen LogP contribution in [0.5, 0.6) is 0 Å². The van der Waals surface area contributed by atoms with E-state index in [1.54, 1.807) is 91.0 Å². The minimum atomic E-state index is -2.66. The molecule has 0 aromatic heterocycles. The van der Waals surface area contributed by atoms with Crippen LogP contribution in [0.15, 0.2) is 169 Å². The van der Waals surface area contributed by atoms with Crippen LogP contribution in [0, 0.1) is 22.7 Å². The van der Waals surface area contributed by atoms with Crippen molar-refractivity contribution in [3.63, 3.8) is 0 Å². The Labute approximate surface area is 647 Å². The second-order valence-corrected chi connectivity index (χ2v) is 29.1. The van der Waals surface area contributed by atoms with Crippen LogP contribution in [0.25, 0.3) is 0 Å². The van der Waals surface area contributed by atoms with Crippen LogP contribution in [0.4, 0.5) is 15.3 Å². The number of benzene rings is 5. The number of fused-ring (bicyclic) bond motifs is 5. The Morgan fingerprint density at radius 2 is 1.30 bits per heavy atom. The number of hydrogen-bond donors (Lipinski definition) is 6. The molecule has 29 heteroatoms. The first-order valence-corrected chi connectivity index (χ1v) is 37.4. The van der Waals surface area contributed by atoms with Crippen molar-refractivity contribution in [2.75, 3.05) is 31.6 Å². The van der Waals surface area contributed by atoms with Crippen LogP contribution in [0.1, 0.15) is 150 Å². The summed E-state index contributed by atoms with van der Waals surface area (Å²) in [6.45, 7) is 8.75. The lowest BCUT2D eigenvalue weighted by Gasteiger charge is -2.67. The van der Waals surface area contributed by atoms with Gasteiger partial charge in [-0.25, -0.2) is 19.2 Å². The summed E-state index contributed by atoms with van der Waals surface area (Å²) in [6.07, 6.45) is -7.59. The normalized spacial score (nSPS) is 23.7. The Balaban J connectivity index is 0.927. The van der Waals surface area contributed by atoms with Gasteiger partial charge in [-0.2, -0.15) is 0 Å². The van der Waals surface area contributed by atoms with Gasteiger partial charge in [-0.3, -0.25) is 48.1 Å². The van der Waals surface area contributed by atoms with Gasteiger partial charge < -0.3 is 74.7 Å². The quantitative estimate of drug-likeness (QED) is 0.0102. The molecule has 29 nitrogen and oxygen atoms in total. The number of amides is 6. The SMILES string of the molecule is CCOC(=O)OC(C(=O)OC1C[C@@]2(O)C(OC(=O)c3ccccc3)C3C4(OC(C)=O)COC4C[C@H](OC(=O)OCc4ccc(NC(=O)[C@H](CCCCN)NC(=O)C(Cc5ccccc5)NC(=O)CCCCCN5C(=O)C=CC5=O)cc4)[C@@]3(C)C(=O)C(OC(C)=O)=C(C1C)C2(C)C)C(NC(=O)c1ccccc1)c1ccccc1. The van der Waals surface area contributed by atoms with Crippen LogP contribution in [-0.4, -0.2) is 168 Å². The van der Waals surface area contributed by atoms with Gasteiger partial charge in [0.1, 0.15) is 54.7 Å². The van der Waals surface area contributed by atoms with Crippen LogP contribution >= 0.6 is 0 Å². The summed E-state index contributed by atoms with van der Waals surface area (Å²) in [5.74, 6) is -12.4. The first-order chi connectivity index (χ1) is 53.5. The van der Waals surface area contributed by atoms with E-state index in [1.165, 1.54) is 95.3 Å². The molecular formula is C83H94N6O23. The monoisotopic (exact) mass is 1540 g/mol. The van der Waals surface area contributed by atoms with Gasteiger partial charge in [0.2, 0.25) is 29.6 Å². The smallest absolute Gasteiger partial charge is 0.459 e. The summed E-state index contributed by atoms with van der Waals surface area (Å²) in [4.78, 5) is 184. The van der Waals surface area contributed by atoms with E-state index >= 15 is 14.4 Å². The Kier molecular flexibility index (Phi) is 27.1. The Morgan fingerprint density at radius 1 is 0.670 bits per heavy atom. The summed E-state index contributed by atoms with van der Waals surface area (Å²) in [5.41, 5.74) is -1.59. The summed E-state index contributed by atoms with van der Waals surface area (Å²) in [5, 5.41) is 25.7. The minimum Gasteiger partial charge on any atom is -0.459 e. The molecule has 3 aliphatic carbocycles. The van der Waals surface area contributed by atoms with Crippen LogP contribution < -0.4 is 27.0 Å². The fourth-order valence-corrected chi connectivity index (χ4v) is 15.7. The average Bonchev–Trinajstić information content (AvgIpc) is 0.734. The number of aliphatic hydroxyl groups is 1. The number of rotatable bonds is 32. The van der Waals surface area contributed by atoms with Gasteiger partial charge >= 0.3 is 36.2 Å². The molecule has 5 aliphatic rings. The van der Waals surface area contributed by atoms with Crippen LogP contribution in [-0.2, 0) is 98.8 Å². The zero-order valence-corrected chi connectivity index (χ0v) is 63.3. The zero-order valence-electron chi connectivity index (χ0n) is 63.3. The van der Waals surface area contributed by atoms with Gasteiger partial charge in [0.25, 0.3) is 17.7 Å². The van der Waals surface area contributed by atoms with Crippen molar-refractivity contribution in [1.29, 1.82) is 0 Å². The zero-order chi connectivity index (χ0) is 80.7. The van der Waals surface area contributed by atoms with Gasteiger partial charge in [0, 0.05) is 80.8 Å².